The second-order valence-corrected chi connectivity index (χ2v) is 10.2. The Balaban J connectivity index is 3.00. The standard InChI is InChI=1S/C13H21ClOSi/c1-6-13(2,15-16(3,4)5)11-7-9-12(14)10-8-11/h7-10H,6H2,1-5H3. The van der Waals surface area contributed by atoms with Crippen molar-refractivity contribution in [3.63, 3.8) is 0 Å². The van der Waals surface area contributed by atoms with E-state index in [-0.39, 0.29) is 5.60 Å². The van der Waals surface area contributed by atoms with E-state index in [0.717, 1.165) is 11.4 Å². The summed E-state index contributed by atoms with van der Waals surface area (Å²) in [5.74, 6) is 0. The molecule has 0 aliphatic heterocycles. The maximum absolute atomic E-state index is 6.30. The van der Waals surface area contributed by atoms with E-state index in [9.17, 15) is 0 Å². The molecule has 0 aliphatic carbocycles. The molecule has 0 bridgehead atoms. The van der Waals surface area contributed by atoms with E-state index in [0.29, 0.717) is 0 Å². The van der Waals surface area contributed by atoms with Crippen LogP contribution in [0.25, 0.3) is 0 Å². The third-order valence-corrected chi connectivity index (χ3v) is 3.98. The van der Waals surface area contributed by atoms with Gasteiger partial charge in [0.2, 0.25) is 0 Å². The van der Waals surface area contributed by atoms with E-state index >= 15 is 0 Å². The minimum atomic E-state index is -1.54. The van der Waals surface area contributed by atoms with E-state index in [2.05, 4.69) is 45.6 Å². The van der Waals surface area contributed by atoms with Crippen LogP contribution in [0.4, 0.5) is 0 Å². The van der Waals surface area contributed by atoms with Gasteiger partial charge in [-0.25, -0.2) is 0 Å². The summed E-state index contributed by atoms with van der Waals surface area (Å²) >= 11 is 5.91. The summed E-state index contributed by atoms with van der Waals surface area (Å²) < 4.78 is 6.30. The van der Waals surface area contributed by atoms with Gasteiger partial charge in [0, 0.05) is 5.02 Å². The van der Waals surface area contributed by atoms with Crippen molar-refractivity contribution >= 4 is 19.9 Å². The average molecular weight is 257 g/mol. The lowest BCUT2D eigenvalue weighted by molar-refractivity contribution is 0.0741. The minimum absolute atomic E-state index is 0.185. The lowest BCUT2D eigenvalue weighted by Gasteiger charge is -2.36. The number of hydrogen-bond acceptors (Lipinski definition) is 1. The molecule has 90 valence electrons. The van der Waals surface area contributed by atoms with Crippen molar-refractivity contribution in [3.8, 4) is 0 Å². The molecule has 3 heteroatoms. The van der Waals surface area contributed by atoms with Gasteiger partial charge in [0.15, 0.2) is 8.32 Å². The Labute approximate surface area is 105 Å². The zero-order valence-corrected chi connectivity index (χ0v) is 12.6. The highest BCUT2D eigenvalue weighted by Gasteiger charge is 2.31. The van der Waals surface area contributed by atoms with Crippen LogP contribution >= 0.6 is 11.6 Å². The molecular weight excluding hydrogens is 236 g/mol. The summed E-state index contributed by atoms with van der Waals surface area (Å²) in [4.78, 5) is 0. The highest BCUT2D eigenvalue weighted by Crippen LogP contribution is 2.32. The molecule has 0 aromatic heterocycles. The van der Waals surface area contributed by atoms with Gasteiger partial charge < -0.3 is 4.43 Å². The van der Waals surface area contributed by atoms with Gasteiger partial charge in [0.25, 0.3) is 0 Å². The molecule has 1 rings (SSSR count). The largest absolute Gasteiger partial charge is 0.408 e. The van der Waals surface area contributed by atoms with Crippen molar-refractivity contribution in [2.24, 2.45) is 0 Å². The maximum atomic E-state index is 6.30. The SMILES string of the molecule is CCC(C)(O[Si](C)(C)C)c1ccc(Cl)cc1. The van der Waals surface area contributed by atoms with Crippen LogP contribution in [0.3, 0.4) is 0 Å². The van der Waals surface area contributed by atoms with Gasteiger partial charge in [-0.2, -0.15) is 0 Å². The van der Waals surface area contributed by atoms with Crippen LogP contribution in [-0.2, 0) is 10.0 Å². The Morgan fingerprint density at radius 1 is 1.19 bits per heavy atom. The number of rotatable bonds is 4. The molecule has 1 aromatic carbocycles. The van der Waals surface area contributed by atoms with Gasteiger partial charge in [-0.3, -0.25) is 0 Å². The highest BCUT2D eigenvalue weighted by atomic mass is 35.5. The summed E-state index contributed by atoms with van der Waals surface area (Å²) in [5, 5.41) is 0.773. The number of halogens is 1. The van der Waals surface area contributed by atoms with E-state index in [1.807, 2.05) is 12.1 Å². The van der Waals surface area contributed by atoms with Crippen LogP contribution in [0, 0.1) is 0 Å². The molecule has 0 saturated heterocycles. The Hall–Kier alpha value is -0.313. The molecule has 1 aromatic rings. The maximum Gasteiger partial charge on any atom is 0.184 e. The third kappa shape index (κ3) is 3.61. The van der Waals surface area contributed by atoms with Gasteiger partial charge in [0.1, 0.15) is 0 Å². The Morgan fingerprint density at radius 3 is 2.06 bits per heavy atom. The van der Waals surface area contributed by atoms with Gasteiger partial charge in [-0.1, -0.05) is 30.7 Å². The normalized spacial score (nSPS) is 15.9. The fourth-order valence-corrected chi connectivity index (χ4v) is 3.55. The molecule has 1 nitrogen and oxygen atoms in total. The van der Waals surface area contributed by atoms with Crippen molar-refractivity contribution < 1.29 is 4.43 Å². The zero-order valence-electron chi connectivity index (χ0n) is 10.8. The summed E-state index contributed by atoms with van der Waals surface area (Å²) in [7, 11) is -1.54. The van der Waals surface area contributed by atoms with Gasteiger partial charge >= 0.3 is 0 Å². The smallest absolute Gasteiger partial charge is 0.184 e. The van der Waals surface area contributed by atoms with Crippen LogP contribution in [0.1, 0.15) is 25.8 Å². The predicted molar refractivity (Wildman–Crippen MR) is 73.5 cm³/mol. The molecule has 0 spiro atoms. The molecule has 1 atom stereocenters. The molecule has 16 heavy (non-hydrogen) atoms. The molecule has 0 N–H and O–H groups in total. The van der Waals surface area contributed by atoms with E-state index in [1.165, 1.54) is 5.56 Å². The Kier molecular flexibility index (Phi) is 4.21. The molecular formula is C13H21ClOSi. The quantitative estimate of drug-likeness (QED) is 0.702. The van der Waals surface area contributed by atoms with Crippen molar-refractivity contribution in [1.82, 2.24) is 0 Å². The van der Waals surface area contributed by atoms with Crippen LogP contribution in [-0.4, -0.2) is 8.32 Å². The Bertz CT molecular complexity index is 342. The summed E-state index contributed by atoms with van der Waals surface area (Å²) in [6, 6.07) is 7.98. The fourth-order valence-electron chi connectivity index (χ4n) is 1.81. The lowest BCUT2D eigenvalue weighted by atomic mass is 9.94. The molecule has 0 aliphatic rings. The summed E-state index contributed by atoms with van der Waals surface area (Å²) in [6.45, 7) is 11.0. The predicted octanol–water partition coefficient (Wildman–Crippen LogP) is 4.82. The van der Waals surface area contributed by atoms with Crippen LogP contribution in [0.15, 0.2) is 24.3 Å². The lowest BCUT2D eigenvalue weighted by Crippen LogP contribution is -2.38. The van der Waals surface area contributed by atoms with E-state index in [4.69, 9.17) is 16.0 Å². The minimum Gasteiger partial charge on any atom is -0.408 e. The first kappa shape index (κ1) is 13.8. The molecule has 0 amide bonds. The highest BCUT2D eigenvalue weighted by molar-refractivity contribution is 6.69. The van der Waals surface area contributed by atoms with E-state index < -0.39 is 8.32 Å². The van der Waals surface area contributed by atoms with Crippen molar-refractivity contribution in [3.05, 3.63) is 34.9 Å². The molecule has 0 radical (unpaired) electrons. The first-order chi connectivity index (χ1) is 7.27. The van der Waals surface area contributed by atoms with Gasteiger partial charge in [0.05, 0.1) is 5.60 Å². The Morgan fingerprint density at radius 2 is 1.69 bits per heavy atom. The van der Waals surface area contributed by atoms with E-state index in [1.54, 1.807) is 0 Å². The first-order valence-electron chi connectivity index (χ1n) is 5.73. The van der Waals surface area contributed by atoms with Gasteiger partial charge in [-0.15, -0.1) is 0 Å². The zero-order chi connectivity index (χ0) is 12.4. The molecule has 0 fully saturated rings. The molecule has 0 heterocycles. The van der Waals surface area contributed by atoms with Crippen molar-refractivity contribution in [1.29, 1.82) is 0 Å². The van der Waals surface area contributed by atoms with Crippen LogP contribution in [0.5, 0.6) is 0 Å². The number of benzene rings is 1. The molecule has 1 unspecified atom stereocenters. The van der Waals surface area contributed by atoms with Crippen LogP contribution < -0.4 is 0 Å². The first-order valence-corrected chi connectivity index (χ1v) is 9.52. The summed E-state index contributed by atoms with van der Waals surface area (Å²) in [5.41, 5.74) is 1.02. The second-order valence-electron chi connectivity index (χ2n) is 5.31. The monoisotopic (exact) mass is 256 g/mol. The van der Waals surface area contributed by atoms with Crippen molar-refractivity contribution in [2.45, 2.75) is 45.5 Å². The topological polar surface area (TPSA) is 9.23 Å². The second kappa shape index (κ2) is 4.90. The van der Waals surface area contributed by atoms with Crippen LogP contribution in [0.2, 0.25) is 24.7 Å². The van der Waals surface area contributed by atoms with Crippen molar-refractivity contribution in [2.75, 3.05) is 0 Å². The number of hydrogen-bond donors (Lipinski definition) is 0. The average Bonchev–Trinajstić information content (AvgIpc) is 2.16. The fraction of sp³-hybridized carbons (Fsp3) is 0.538. The van der Waals surface area contributed by atoms with Gasteiger partial charge in [-0.05, 0) is 50.7 Å². The molecule has 0 saturated carbocycles. The summed E-state index contributed by atoms with van der Waals surface area (Å²) in [6.07, 6.45) is 0.971. The third-order valence-electron chi connectivity index (χ3n) is 2.66.